The third-order valence-corrected chi connectivity index (χ3v) is 3.90. The van der Waals surface area contributed by atoms with Crippen LogP contribution in [0.5, 0.6) is 5.75 Å². The summed E-state index contributed by atoms with van der Waals surface area (Å²) in [6.45, 7) is 1.84. The lowest BCUT2D eigenvalue weighted by molar-refractivity contribution is -0.111. The van der Waals surface area contributed by atoms with Gasteiger partial charge in [0.1, 0.15) is 5.75 Å². The minimum Gasteiger partial charge on any atom is -0.495 e. The van der Waals surface area contributed by atoms with Crippen LogP contribution >= 0.6 is 11.6 Å². The second-order valence-corrected chi connectivity index (χ2v) is 5.65. The Labute approximate surface area is 151 Å². The van der Waals surface area contributed by atoms with Gasteiger partial charge in [-0.05, 0) is 42.3 Å². The first-order valence-corrected chi connectivity index (χ1v) is 7.84. The van der Waals surface area contributed by atoms with Gasteiger partial charge in [0.05, 0.1) is 25.5 Å². The molecule has 2 aromatic carbocycles. The van der Waals surface area contributed by atoms with Crippen LogP contribution in [0, 0.1) is 6.92 Å². The molecule has 2 aromatic rings. The third kappa shape index (κ3) is 4.84. The molecule has 0 radical (unpaired) electrons. The minimum atomic E-state index is -0.404. The molecule has 0 aromatic heterocycles. The molecule has 25 heavy (non-hydrogen) atoms. The van der Waals surface area contributed by atoms with E-state index >= 15 is 0 Å². The predicted molar refractivity (Wildman–Crippen MR) is 98.2 cm³/mol. The lowest BCUT2D eigenvalue weighted by atomic mass is 10.1. The first-order valence-electron chi connectivity index (χ1n) is 7.46. The molecule has 130 valence electrons. The summed E-state index contributed by atoms with van der Waals surface area (Å²) >= 11 is 6.05. The van der Waals surface area contributed by atoms with Gasteiger partial charge in [-0.2, -0.15) is 0 Å². The number of methoxy groups -OCH3 is 2. The Morgan fingerprint density at radius 2 is 1.80 bits per heavy atom. The van der Waals surface area contributed by atoms with Crippen molar-refractivity contribution in [3.63, 3.8) is 0 Å². The standard InChI is InChI=1S/C19H18ClNO4/c1-12-10-16(17(24-2)11-15(12)20)21-18(22)9-6-13-4-7-14(8-5-13)19(23)25-3/h4-11H,1-3H3,(H,21,22)/b9-6+. The lowest BCUT2D eigenvalue weighted by Crippen LogP contribution is -2.09. The first-order chi connectivity index (χ1) is 11.9. The van der Waals surface area contributed by atoms with Crippen LogP contribution in [0.3, 0.4) is 0 Å². The summed E-state index contributed by atoms with van der Waals surface area (Å²) in [5.41, 5.74) is 2.60. The summed E-state index contributed by atoms with van der Waals surface area (Å²) in [7, 11) is 2.84. The minimum absolute atomic E-state index is 0.308. The average Bonchev–Trinajstić information content (AvgIpc) is 2.62. The van der Waals surface area contributed by atoms with Gasteiger partial charge >= 0.3 is 5.97 Å². The molecule has 0 saturated carbocycles. The summed E-state index contributed by atoms with van der Waals surface area (Å²) in [6.07, 6.45) is 3.04. The van der Waals surface area contributed by atoms with Crippen molar-refractivity contribution in [3.05, 3.63) is 64.2 Å². The number of anilines is 1. The highest BCUT2D eigenvalue weighted by Gasteiger charge is 2.09. The summed E-state index contributed by atoms with van der Waals surface area (Å²) in [6, 6.07) is 10.1. The number of benzene rings is 2. The van der Waals surface area contributed by atoms with E-state index in [4.69, 9.17) is 16.3 Å². The predicted octanol–water partition coefficient (Wildman–Crippen LogP) is 4.10. The van der Waals surface area contributed by atoms with E-state index in [1.165, 1.54) is 20.3 Å². The number of nitrogens with one attached hydrogen (secondary N) is 1. The summed E-state index contributed by atoms with van der Waals surface area (Å²) in [5, 5.41) is 3.32. The van der Waals surface area contributed by atoms with Crippen molar-refractivity contribution in [1.29, 1.82) is 0 Å². The topological polar surface area (TPSA) is 64.6 Å². The number of hydrogen-bond acceptors (Lipinski definition) is 4. The SMILES string of the molecule is COC(=O)c1ccc(/C=C/C(=O)Nc2cc(C)c(Cl)cc2OC)cc1. The molecule has 0 fully saturated rings. The zero-order chi connectivity index (χ0) is 18.4. The molecule has 0 saturated heterocycles. The monoisotopic (exact) mass is 359 g/mol. The fraction of sp³-hybridized carbons (Fsp3) is 0.158. The van der Waals surface area contributed by atoms with Crippen LogP contribution < -0.4 is 10.1 Å². The van der Waals surface area contributed by atoms with Gasteiger partial charge in [-0.25, -0.2) is 4.79 Å². The van der Waals surface area contributed by atoms with Crippen molar-refractivity contribution in [2.45, 2.75) is 6.92 Å². The van der Waals surface area contributed by atoms with Crippen molar-refractivity contribution in [2.75, 3.05) is 19.5 Å². The Morgan fingerprint density at radius 3 is 2.40 bits per heavy atom. The van der Waals surface area contributed by atoms with Gasteiger partial charge in [0.25, 0.3) is 0 Å². The molecule has 0 aliphatic heterocycles. The molecular weight excluding hydrogens is 342 g/mol. The lowest BCUT2D eigenvalue weighted by Gasteiger charge is -2.11. The molecule has 0 spiro atoms. The average molecular weight is 360 g/mol. The molecule has 5 nitrogen and oxygen atoms in total. The maximum Gasteiger partial charge on any atom is 0.337 e. The summed E-state index contributed by atoms with van der Waals surface area (Å²) in [4.78, 5) is 23.5. The molecule has 1 amide bonds. The molecule has 0 heterocycles. The Kier molecular flexibility index (Phi) is 6.19. The largest absolute Gasteiger partial charge is 0.495 e. The van der Waals surface area contributed by atoms with Crippen molar-refractivity contribution in [2.24, 2.45) is 0 Å². The van der Waals surface area contributed by atoms with Crippen LogP contribution in [0.4, 0.5) is 5.69 Å². The van der Waals surface area contributed by atoms with Gasteiger partial charge in [0, 0.05) is 17.2 Å². The van der Waals surface area contributed by atoms with E-state index in [2.05, 4.69) is 10.1 Å². The van der Waals surface area contributed by atoms with Gasteiger partial charge in [0.2, 0.25) is 5.91 Å². The Morgan fingerprint density at radius 1 is 1.12 bits per heavy atom. The summed E-state index contributed by atoms with van der Waals surface area (Å²) < 4.78 is 9.86. The molecular formula is C19H18ClNO4. The maximum absolute atomic E-state index is 12.1. The molecule has 6 heteroatoms. The highest BCUT2D eigenvalue weighted by molar-refractivity contribution is 6.31. The molecule has 0 aliphatic carbocycles. The van der Waals surface area contributed by atoms with Crippen LogP contribution in [-0.2, 0) is 9.53 Å². The number of carbonyl (C=O) groups excluding carboxylic acids is 2. The molecule has 1 N–H and O–H groups in total. The Hall–Kier alpha value is -2.79. The van der Waals surface area contributed by atoms with Crippen molar-refractivity contribution >= 4 is 35.2 Å². The van der Waals surface area contributed by atoms with E-state index < -0.39 is 5.97 Å². The number of aryl methyl sites for hydroxylation is 1. The van der Waals surface area contributed by atoms with Crippen LogP contribution in [0.1, 0.15) is 21.5 Å². The van der Waals surface area contributed by atoms with Crippen molar-refractivity contribution in [1.82, 2.24) is 0 Å². The van der Waals surface area contributed by atoms with E-state index in [0.29, 0.717) is 22.0 Å². The molecule has 0 aliphatic rings. The number of ether oxygens (including phenoxy) is 2. The second-order valence-electron chi connectivity index (χ2n) is 5.24. The Bertz CT molecular complexity index is 813. The van der Waals surface area contributed by atoms with Crippen LogP contribution in [0.15, 0.2) is 42.5 Å². The number of carbonyl (C=O) groups is 2. The number of rotatable bonds is 5. The van der Waals surface area contributed by atoms with E-state index in [9.17, 15) is 9.59 Å². The molecule has 0 atom stereocenters. The molecule has 0 unspecified atom stereocenters. The van der Waals surface area contributed by atoms with Crippen molar-refractivity contribution in [3.8, 4) is 5.75 Å². The van der Waals surface area contributed by atoms with Crippen LogP contribution in [0.25, 0.3) is 6.08 Å². The van der Waals surface area contributed by atoms with E-state index in [-0.39, 0.29) is 5.91 Å². The van der Waals surface area contributed by atoms with Gasteiger partial charge in [-0.1, -0.05) is 23.7 Å². The summed E-state index contributed by atoms with van der Waals surface area (Å²) in [5.74, 6) is -0.227. The Balaban J connectivity index is 2.08. The van der Waals surface area contributed by atoms with Crippen LogP contribution in [-0.4, -0.2) is 26.1 Å². The third-order valence-electron chi connectivity index (χ3n) is 3.50. The maximum atomic E-state index is 12.1. The zero-order valence-corrected chi connectivity index (χ0v) is 14.9. The van der Waals surface area contributed by atoms with Gasteiger partial charge in [-0.3, -0.25) is 4.79 Å². The second kappa shape index (κ2) is 8.35. The number of hydrogen-bond donors (Lipinski definition) is 1. The number of esters is 1. The molecule has 0 bridgehead atoms. The number of amides is 1. The fourth-order valence-corrected chi connectivity index (χ4v) is 2.28. The van der Waals surface area contributed by atoms with E-state index in [0.717, 1.165) is 11.1 Å². The van der Waals surface area contributed by atoms with E-state index in [1.807, 2.05) is 6.92 Å². The first kappa shape index (κ1) is 18.5. The smallest absolute Gasteiger partial charge is 0.337 e. The normalized spacial score (nSPS) is 10.6. The van der Waals surface area contributed by atoms with Gasteiger partial charge in [-0.15, -0.1) is 0 Å². The van der Waals surface area contributed by atoms with Crippen molar-refractivity contribution < 1.29 is 19.1 Å². The zero-order valence-electron chi connectivity index (χ0n) is 14.1. The fourth-order valence-electron chi connectivity index (χ4n) is 2.12. The van der Waals surface area contributed by atoms with Gasteiger partial charge < -0.3 is 14.8 Å². The van der Waals surface area contributed by atoms with E-state index in [1.54, 1.807) is 42.5 Å². The molecule has 2 rings (SSSR count). The quantitative estimate of drug-likeness (QED) is 0.645. The highest BCUT2D eigenvalue weighted by Crippen LogP contribution is 2.30. The van der Waals surface area contributed by atoms with Crippen LogP contribution in [0.2, 0.25) is 5.02 Å². The van der Waals surface area contributed by atoms with Gasteiger partial charge in [0.15, 0.2) is 0 Å². The number of halogens is 1. The highest BCUT2D eigenvalue weighted by atomic mass is 35.5.